The van der Waals surface area contributed by atoms with Crippen molar-refractivity contribution in [3.8, 4) is 0 Å². The summed E-state index contributed by atoms with van der Waals surface area (Å²) in [6.07, 6.45) is 1.45. The van der Waals surface area contributed by atoms with Gasteiger partial charge in [0.25, 0.3) is 0 Å². The van der Waals surface area contributed by atoms with E-state index in [1.54, 1.807) is 0 Å². The Labute approximate surface area is 163 Å². The third-order valence-corrected chi connectivity index (χ3v) is 4.15. The molecule has 0 aliphatic carbocycles. The second-order valence-corrected chi connectivity index (χ2v) is 9.19. The standard InChI is InChI=1S/C15H27Cl3N4O3/c1-9(2)12(19)13(23)20-10(3)7-22-6-4-5-11(21-22)14(24)25-8-15(16,17)18/h9-12,21H,4-8,19H2,1-3H3,(H,20,23)/t10-,11-,12-/m0/s1. The quantitative estimate of drug-likeness (QED) is 0.427. The summed E-state index contributed by atoms with van der Waals surface area (Å²) < 4.78 is 3.38. The number of ether oxygens (including phenoxy) is 1. The first-order valence-electron chi connectivity index (χ1n) is 8.30. The first kappa shape index (κ1) is 22.7. The number of halogens is 3. The van der Waals surface area contributed by atoms with Crippen LogP contribution in [0.3, 0.4) is 0 Å². The topological polar surface area (TPSA) is 96.7 Å². The summed E-state index contributed by atoms with van der Waals surface area (Å²) in [5.74, 6) is -0.579. The molecule has 0 spiro atoms. The van der Waals surface area contributed by atoms with E-state index in [-0.39, 0.29) is 24.5 Å². The maximum Gasteiger partial charge on any atom is 0.324 e. The average molecular weight is 418 g/mol. The van der Waals surface area contributed by atoms with Crippen LogP contribution in [0.15, 0.2) is 0 Å². The van der Waals surface area contributed by atoms with Gasteiger partial charge in [-0.15, -0.1) is 0 Å². The predicted octanol–water partition coefficient (Wildman–Crippen LogP) is 1.36. The second-order valence-electron chi connectivity index (χ2n) is 6.67. The SMILES string of the molecule is CC(C)[C@H](N)C(=O)N[C@@H](C)CN1CCC[C@@H](C(=O)OCC(Cl)(Cl)Cl)N1. The Bertz CT molecular complexity index is 460. The molecule has 3 atom stereocenters. The fourth-order valence-corrected chi connectivity index (χ4v) is 2.59. The second kappa shape index (κ2) is 10.1. The smallest absolute Gasteiger partial charge is 0.324 e. The van der Waals surface area contributed by atoms with Crippen molar-refractivity contribution in [1.29, 1.82) is 0 Å². The lowest BCUT2D eigenvalue weighted by molar-refractivity contribution is -0.149. The minimum absolute atomic E-state index is 0.0670. The van der Waals surface area contributed by atoms with Gasteiger partial charge in [-0.1, -0.05) is 48.7 Å². The van der Waals surface area contributed by atoms with Crippen molar-refractivity contribution < 1.29 is 14.3 Å². The number of amides is 1. The molecule has 1 aliphatic rings. The molecule has 10 heteroatoms. The maximum atomic E-state index is 12.0. The van der Waals surface area contributed by atoms with Crippen molar-refractivity contribution in [3.05, 3.63) is 0 Å². The monoisotopic (exact) mass is 416 g/mol. The molecule has 4 N–H and O–H groups in total. The minimum Gasteiger partial charge on any atom is -0.460 e. The van der Waals surface area contributed by atoms with Crippen molar-refractivity contribution in [2.45, 2.75) is 55.5 Å². The highest BCUT2D eigenvalue weighted by molar-refractivity contribution is 6.67. The van der Waals surface area contributed by atoms with Crippen LogP contribution < -0.4 is 16.5 Å². The molecular weight excluding hydrogens is 391 g/mol. The Balaban J connectivity index is 2.44. The molecule has 146 valence electrons. The van der Waals surface area contributed by atoms with E-state index in [1.165, 1.54) is 0 Å². The van der Waals surface area contributed by atoms with Crippen molar-refractivity contribution in [1.82, 2.24) is 15.8 Å². The Kier molecular flexibility index (Phi) is 9.21. The lowest BCUT2D eigenvalue weighted by Gasteiger charge is -2.34. The fourth-order valence-electron chi connectivity index (χ4n) is 2.42. The maximum absolute atomic E-state index is 12.0. The highest BCUT2D eigenvalue weighted by Gasteiger charge is 2.30. The van der Waals surface area contributed by atoms with Crippen LogP contribution in [0.1, 0.15) is 33.6 Å². The van der Waals surface area contributed by atoms with Gasteiger partial charge in [0, 0.05) is 19.1 Å². The lowest BCUT2D eigenvalue weighted by atomic mass is 10.0. The van der Waals surface area contributed by atoms with Gasteiger partial charge in [-0.2, -0.15) is 0 Å². The number of hydrazine groups is 1. The molecule has 1 saturated heterocycles. The zero-order valence-electron chi connectivity index (χ0n) is 14.7. The number of nitrogens with zero attached hydrogens (tertiary/aromatic N) is 1. The van der Waals surface area contributed by atoms with Gasteiger partial charge in [0.1, 0.15) is 12.6 Å². The molecule has 0 bridgehead atoms. The van der Waals surface area contributed by atoms with Gasteiger partial charge >= 0.3 is 5.97 Å². The number of carbonyl (C=O) groups is 2. The molecule has 1 heterocycles. The van der Waals surface area contributed by atoms with Crippen molar-refractivity contribution >= 4 is 46.7 Å². The van der Waals surface area contributed by atoms with Crippen LogP contribution in [0, 0.1) is 5.92 Å². The molecule has 1 fully saturated rings. The normalized spacial score (nSPS) is 21.7. The number of hydrogen-bond donors (Lipinski definition) is 3. The van der Waals surface area contributed by atoms with E-state index in [0.29, 0.717) is 13.0 Å². The van der Waals surface area contributed by atoms with E-state index in [0.717, 1.165) is 13.0 Å². The van der Waals surface area contributed by atoms with E-state index in [1.807, 2.05) is 25.8 Å². The van der Waals surface area contributed by atoms with Crippen LogP contribution in [-0.2, 0) is 14.3 Å². The van der Waals surface area contributed by atoms with Gasteiger partial charge in [-0.3, -0.25) is 9.59 Å². The molecule has 1 aliphatic heterocycles. The zero-order valence-corrected chi connectivity index (χ0v) is 17.0. The highest BCUT2D eigenvalue weighted by Crippen LogP contribution is 2.26. The molecule has 0 radical (unpaired) electrons. The van der Waals surface area contributed by atoms with Crippen molar-refractivity contribution in [2.75, 3.05) is 19.7 Å². The van der Waals surface area contributed by atoms with Gasteiger partial charge in [-0.05, 0) is 25.7 Å². The molecular formula is C15H27Cl3N4O3. The van der Waals surface area contributed by atoms with Crippen LogP contribution in [0.2, 0.25) is 0 Å². The highest BCUT2D eigenvalue weighted by atomic mass is 35.6. The number of nitrogens with two attached hydrogens (primary N) is 1. The minimum atomic E-state index is -1.63. The largest absolute Gasteiger partial charge is 0.460 e. The number of esters is 1. The third-order valence-electron chi connectivity index (χ3n) is 3.83. The number of alkyl halides is 3. The summed E-state index contributed by atoms with van der Waals surface area (Å²) in [6.45, 7) is 6.67. The van der Waals surface area contributed by atoms with Crippen molar-refractivity contribution in [3.63, 3.8) is 0 Å². The average Bonchev–Trinajstić information content (AvgIpc) is 2.50. The number of nitrogens with one attached hydrogen (secondary N) is 2. The zero-order chi connectivity index (χ0) is 19.2. The van der Waals surface area contributed by atoms with Crippen LogP contribution in [0.5, 0.6) is 0 Å². The van der Waals surface area contributed by atoms with E-state index in [2.05, 4.69) is 10.7 Å². The number of hydrogen-bond acceptors (Lipinski definition) is 6. The summed E-state index contributed by atoms with van der Waals surface area (Å²) in [5.41, 5.74) is 8.93. The predicted molar refractivity (Wildman–Crippen MR) is 99.4 cm³/mol. The van der Waals surface area contributed by atoms with E-state index >= 15 is 0 Å². The summed E-state index contributed by atoms with van der Waals surface area (Å²) in [7, 11) is 0. The third kappa shape index (κ3) is 8.75. The number of carbonyl (C=O) groups excluding carboxylic acids is 2. The Morgan fingerprint density at radius 3 is 2.56 bits per heavy atom. The Hall–Kier alpha value is -0.310. The van der Waals surface area contributed by atoms with Gasteiger partial charge in [0.15, 0.2) is 0 Å². The van der Waals surface area contributed by atoms with Gasteiger partial charge in [0.2, 0.25) is 9.70 Å². The lowest BCUT2D eigenvalue weighted by Crippen LogP contribution is -2.57. The summed E-state index contributed by atoms with van der Waals surface area (Å²) in [5, 5.41) is 4.77. The molecule has 7 nitrogen and oxygen atoms in total. The van der Waals surface area contributed by atoms with Crippen LogP contribution in [0.4, 0.5) is 0 Å². The van der Waals surface area contributed by atoms with Gasteiger partial charge < -0.3 is 15.8 Å². The van der Waals surface area contributed by atoms with E-state index in [4.69, 9.17) is 45.3 Å². The van der Waals surface area contributed by atoms with Crippen LogP contribution in [0.25, 0.3) is 0 Å². The van der Waals surface area contributed by atoms with Crippen LogP contribution >= 0.6 is 34.8 Å². The van der Waals surface area contributed by atoms with E-state index < -0.39 is 21.8 Å². The number of rotatable bonds is 7. The first-order chi connectivity index (χ1) is 11.5. The summed E-state index contributed by atoms with van der Waals surface area (Å²) >= 11 is 16.7. The molecule has 25 heavy (non-hydrogen) atoms. The Morgan fingerprint density at radius 1 is 1.36 bits per heavy atom. The first-order valence-corrected chi connectivity index (χ1v) is 9.43. The molecule has 1 rings (SSSR count). The van der Waals surface area contributed by atoms with E-state index in [9.17, 15) is 9.59 Å². The molecule has 1 amide bonds. The fraction of sp³-hybridized carbons (Fsp3) is 0.867. The van der Waals surface area contributed by atoms with Gasteiger partial charge in [-0.25, -0.2) is 10.4 Å². The summed E-state index contributed by atoms with van der Waals surface area (Å²) in [6, 6.07) is -1.16. The van der Waals surface area contributed by atoms with Gasteiger partial charge in [0.05, 0.1) is 6.04 Å². The molecule has 0 aromatic rings. The molecule has 0 saturated carbocycles. The molecule has 0 aromatic carbocycles. The summed E-state index contributed by atoms with van der Waals surface area (Å²) in [4.78, 5) is 24.0. The Morgan fingerprint density at radius 2 is 2.00 bits per heavy atom. The van der Waals surface area contributed by atoms with Crippen LogP contribution in [-0.4, -0.2) is 58.5 Å². The van der Waals surface area contributed by atoms with Crippen molar-refractivity contribution in [2.24, 2.45) is 11.7 Å². The molecule has 0 unspecified atom stereocenters. The molecule has 0 aromatic heterocycles.